The number of methoxy groups -OCH3 is 1. The molecule has 0 aliphatic carbocycles. The lowest BCUT2D eigenvalue weighted by molar-refractivity contribution is -0.122. The van der Waals surface area contributed by atoms with Gasteiger partial charge in [-0.2, -0.15) is 5.26 Å². The molecule has 1 aliphatic rings. The first-order valence-corrected chi connectivity index (χ1v) is 7.81. The highest BCUT2D eigenvalue weighted by Crippen LogP contribution is 2.19. The van der Waals surface area contributed by atoms with Crippen molar-refractivity contribution in [2.45, 2.75) is 0 Å². The minimum atomic E-state index is 0.00637. The van der Waals surface area contributed by atoms with Gasteiger partial charge in [0.15, 0.2) is 5.69 Å². The maximum atomic E-state index is 11.8. The number of amides is 1. The van der Waals surface area contributed by atoms with Crippen LogP contribution in [-0.4, -0.2) is 68.8 Å². The van der Waals surface area contributed by atoms with Crippen molar-refractivity contribution >= 4 is 23.3 Å². The number of nitrogens with zero attached hydrogens (tertiary/aromatic N) is 4. The van der Waals surface area contributed by atoms with Crippen LogP contribution in [0.2, 0.25) is 5.02 Å². The lowest BCUT2D eigenvalue weighted by Gasteiger charge is -2.35. The van der Waals surface area contributed by atoms with E-state index in [9.17, 15) is 4.79 Å². The van der Waals surface area contributed by atoms with Crippen molar-refractivity contribution in [3.05, 3.63) is 22.8 Å². The number of carbonyl (C=O) groups excluding carboxylic acids is 1. The number of ether oxygens (including phenoxy) is 1. The SMILES string of the molecule is COCCNC(=O)CN1CCN(c2ccc(Cl)c(C#N)n2)CC1. The summed E-state index contributed by atoms with van der Waals surface area (Å²) in [4.78, 5) is 20.2. The van der Waals surface area contributed by atoms with Crippen LogP contribution in [0, 0.1) is 11.3 Å². The lowest BCUT2D eigenvalue weighted by atomic mass is 10.3. The first-order chi connectivity index (χ1) is 11.1. The maximum Gasteiger partial charge on any atom is 0.234 e. The van der Waals surface area contributed by atoms with Gasteiger partial charge in [-0.3, -0.25) is 9.69 Å². The number of halogens is 1. The summed E-state index contributed by atoms with van der Waals surface area (Å²) in [5.74, 6) is 0.752. The zero-order valence-corrected chi connectivity index (χ0v) is 13.8. The Labute approximate surface area is 140 Å². The Morgan fingerprint density at radius 2 is 2.17 bits per heavy atom. The molecule has 0 aromatic carbocycles. The molecule has 2 heterocycles. The molecule has 0 saturated carbocycles. The molecular formula is C15H20ClN5O2. The number of rotatable bonds is 6. The van der Waals surface area contributed by atoms with Gasteiger partial charge in [0.2, 0.25) is 5.91 Å². The van der Waals surface area contributed by atoms with Crippen molar-refractivity contribution in [1.29, 1.82) is 5.26 Å². The predicted molar refractivity (Wildman–Crippen MR) is 87.5 cm³/mol. The quantitative estimate of drug-likeness (QED) is 0.761. The van der Waals surface area contributed by atoms with Gasteiger partial charge in [0.25, 0.3) is 0 Å². The van der Waals surface area contributed by atoms with E-state index in [1.165, 1.54) is 0 Å². The summed E-state index contributed by atoms with van der Waals surface area (Å²) in [6.45, 7) is 4.47. The standard InChI is InChI=1S/C15H20ClN5O2/c1-23-9-4-18-15(22)11-20-5-7-21(8-6-20)14-3-2-12(16)13(10-17)19-14/h2-3H,4-9,11H2,1H3,(H,18,22). The minimum absolute atomic E-state index is 0.00637. The maximum absolute atomic E-state index is 11.8. The fourth-order valence-electron chi connectivity index (χ4n) is 2.37. The molecule has 124 valence electrons. The van der Waals surface area contributed by atoms with Crippen LogP contribution in [0.5, 0.6) is 0 Å². The third kappa shape index (κ3) is 5.06. The van der Waals surface area contributed by atoms with Crippen molar-refractivity contribution < 1.29 is 9.53 Å². The van der Waals surface area contributed by atoms with Gasteiger partial charge in [0.05, 0.1) is 18.2 Å². The molecule has 0 radical (unpaired) electrons. The number of carbonyl (C=O) groups is 1. The van der Waals surface area contributed by atoms with E-state index in [0.717, 1.165) is 32.0 Å². The van der Waals surface area contributed by atoms with Gasteiger partial charge in [-0.15, -0.1) is 0 Å². The number of hydrogen-bond acceptors (Lipinski definition) is 6. The van der Waals surface area contributed by atoms with Gasteiger partial charge >= 0.3 is 0 Å². The summed E-state index contributed by atoms with van der Waals surface area (Å²) in [5, 5.41) is 12.2. The fraction of sp³-hybridized carbons (Fsp3) is 0.533. The average Bonchev–Trinajstić information content (AvgIpc) is 2.56. The van der Waals surface area contributed by atoms with Gasteiger partial charge in [-0.1, -0.05) is 11.6 Å². The van der Waals surface area contributed by atoms with E-state index in [1.807, 2.05) is 12.1 Å². The Morgan fingerprint density at radius 3 is 2.83 bits per heavy atom. The van der Waals surface area contributed by atoms with Crippen LogP contribution >= 0.6 is 11.6 Å². The number of hydrogen-bond donors (Lipinski definition) is 1. The second-order valence-electron chi connectivity index (χ2n) is 5.22. The summed E-state index contributed by atoms with van der Waals surface area (Å²) in [6, 6.07) is 5.50. The number of anilines is 1. The highest BCUT2D eigenvalue weighted by atomic mass is 35.5. The molecule has 1 aromatic heterocycles. The van der Waals surface area contributed by atoms with E-state index in [-0.39, 0.29) is 11.6 Å². The predicted octanol–water partition coefficient (Wildman–Crippen LogP) is 0.491. The van der Waals surface area contributed by atoms with E-state index in [0.29, 0.717) is 24.7 Å². The molecule has 0 spiro atoms. The van der Waals surface area contributed by atoms with Crippen molar-refractivity contribution in [2.24, 2.45) is 0 Å². The first-order valence-electron chi connectivity index (χ1n) is 7.43. The summed E-state index contributed by atoms with van der Waals surface area (Å²) in [6.07, 6.45) is 0. The lowest BCUT2D eigenvalue weighted by Crippen LogP contribution is -2.50. The minimum Gasteiger partial charge on any atom is -0.383 e. The Morgan fingerprint density at radius 1 is 1.43 bits per heavy atom. The number of nitriles is 1. The second kappa shape index (κ2) is 8.67. The molecule has 0 bridgehead atoms. The Balaban J connectivity index is 1.82. The molecule has 23 heavy (non-hydrogen) atoms. The molecular weight excluding hydrogens is 318 g/mol. The van der Waals surface area contributed by atoms with Crippen LogP contribution in [0.3, 0.4) is 0 Å². The molecule has 0 unspecified atom stereocenters. The molecule has 1 aliphatic heterocycles. The molecule has 1 aromatic rings. The van der Waals surface area contributed by atoms with E-state index in [1.54, 1.807) is 13.2 Å². The van der Waals surface area contributed by atoms with Crippen LogP contribution in [0.25, 0.3) is 0 Å². The summed E-state index contributed by atoms with van der Waals surface area (Å²) in [5.41, 5.74) is 0.240. The second-order valence-corrected chi connectivity index (χ2v) is 5.62. The van der Waals surface area contributed by atoms with Crippen LogP contribution in [0.15, 0.2) is 12.1 Å². The van der Waals surface area contributed by atoms with E-state index >= 15 is 0 Å². The van der Waals surface area contributed by atoms with Gasteiger partial charge in [-0.05, 0) is 12.1 Å². The van der Waals surface area contributed by atoms with E-state index in [2.05, 4.69) is 20.1 Å². The van der Waals surface area contributed by atoms with Crippen molar-refractivity contribution in [1.82, 2.24) is 15.2 Å². The third-order valence-electron chi connectivity index (χ3n) is 3.63. The van der Waals surface area contributed by atoms with E-state index in [4.69, 9.17) is 21.6 Å². The van der Waals surface area contributed by atoms with Crippen molar-refractivity contribution in [3.63, 3.8) is 0 Å². The Hall–Kier alpha value is -1.88. The van der Waals surface area contributed by atoms with Gasteiger partial charge in [-0.25, -0.2) is 4.98 Å². The number of aromatic nitrogens is 1. The third-order valence-corrected chi connectivity index (χ3v) is 3.93. The topological polar surface area (TPSA) is 81.5 Å². The van der Waals surface area contributed by atoms with Crippen molar-refractivity contribution in [2.75, 3.05) is 57.9 Å². The Kier molecular flexibility index (Phi) is 6.59. The van der Waals surface area contributed by atoms with Gasteiger partial charge < -0.3 is 15.0 Å². The molecule has 1 saturated heterocycles. The number of pyridine rings is 1. The largest absolute Gasteiger partial charge is 0.383 e. The monoisotopic (exact) mass is 337 g/mol. The number of nitrogens with one attached hydrogen (secondary N) is 1. The molecule has 2 rings (SSSR count). The molecule has 8 heteroatoms. The van der Waals surface area contributed by atoms with Gasteiger partial charge in [0, 0.05) is 39.8 Å². The highest BCUT2D eigenvalue weighted by Gasteiger charge is 2.20. The van der Waals surface area contributed by atoms with Crippen molar-refractivity contribution in [3.8, 4) is 6.07 Å². The zero-order chi connectivity index (χ0) is 16.7. The fourth-order valence-corrected chi connectivity index (χ4v) is 2.52. The Bertz CT molecular complexity index is 582. The average molecular weight is 338 g/mol. The normalized spacial score (nSPS) is 15.3. The summed E-state index contributed by atoms with van der Waals surface area (Å²) < 4.78 is 4.90. The molecule has 1 amide bonds. The molecule has 0 atom stereocenters. The van der Waals surface area contributed by atoms with E-state index < -0.39 is 0 Å². The van der Waals surface area contributed by atoms with Crippen LogP contribution in [0.4, 0.5) is 5.82 Å². The molecule has 1 fully saturated rings. The highest BCUT2D eigenvalue weighted by molar-refractivity contribution is 6.31. The first kappa shape index (κ1) is 17.5. The summed E-state index contributed by atoms with van der Waals surface area (Å²) >= 11 is 5.90. The molecule has 1 N–H and O–H groups in total. The molecule has 7 nitrogen and oxygen atoms in total. The zero-order valence-electron chi connectivity index (χ0n) is 13.1. The van der Waals surface area contributed by atoms with Crippen LogP contribution in [0.1, 0.15) is 5.69 Å². The van der Waals surface area contributed by atoms with Crippen LogP contribution in [-0.2, 0) is 9.53 Å². The summed E-state index contributed by atoms with van der Waals surface area (Å²) in [7, 11) is 1.61. The smallest absolute Gasteiger partial charge is 0.234 e. The van der Waals surface area contributed by atoms with Gasteiger partial charge in [0.1, 0.15) is 11.9 Å². The number of piperazine rings is 1. The van der Waals surface area contributed by atoms with Crippen LogP contribution < -0.4 is 10.2 Å².